The fourth-order valence-electron chi connectivity index (χ4n) is 2.91. The quantitative estimate of drug-likeness (QED) is 0.715. The van der Waals surface area contributed by atoms with Crippen molar-refractivity contribution in [3.8, 4) is 0 Å². The Bertz CT molecular complexity index is 382. The molecule has 0 aliphatic heterocycles. The average Bonchev–Trinajstić information content (AvgIpc) is 2.27. The van der Waals surface area contributed by atoms with Crippen molar-refractivity contribution in [2.24, 2.45) is 0 Å². The second kappa shape index (κ2) is 4.10. The van der Waals surface area contributed by atoms with Gasteiger partial charge in [0.2, 0.25) is 0 Å². The molecular weight excluding hydrogens is 222 g/mol. The van der Waals surface area contributed by atoms with E-state index in [2.05, 4.69) is 72.6 Å². The minimum Gasteiger partial charge on any atom is -0.332 e. The number of nitrogens with one attached hydrogen (secondary N) is 1. The van der Waals surface area contributed by atoms with Crippen molar-refractivity contribution in [2.45, 2.75) is 72.1 Å². The maximum atomic E-state index is 3.88. The Hall–Kier alpha value is -0.343. The van der Waals surface area contributed by atoms with Crippen LogP contribution >= 0.6 is 0 Å². The third-order valence-electron chi connectivity index (χ3n) is 4.25. The van der Waals surface area contributed by atoms with E-state index in [1.54, 1.807) is 0 Å². The Morgan fingerprint density at radius 2 is 1.59 bits per heavy atom. The Morgan fingerprint density at radius 3 is 1.88 bits per heavy atom. The predicted molar refractivity (Wildman–Crippen MR) is 79.5 cm³/mol. The molecule has 1 rings (SSSR count). The molecule has 1 aliphatic carbocycles. The number of hydrogen-bond donors (Lipinski definition) is 1. The molecule has 0 aromatic rings. The van der Waals surface area contributed by atoms with Gasteiger partial charge in [-0.05, 0) is 58.8 Å². The molecule has 0 aromatic heterocycles. The highest BCUT2D eigenvalue weighted by molar-refractivity contribution is 6.79. The lowest BCUT2D eigenvalue weighted by atomic mass is 10.0. The Kier molecular flexibility index (Phi) is 3.55. The highest BCUT2D eigenvalue weighted by Crippen LogP contribution is 2.51. The van der Waals surface area contributed by atoms with Gasteiger partial charge in [0.25, 0.3) is 0 Å². The summed E-state index contributed by atoms with van der Waals surface area (Å²) in [5.41, 5.74) is 4.44. The van der Waals surface area contributed by atoms with Gasteiger partial charge in [0.15, 0.2) is 0 Å². The first-order chi connectivity index (χ1) is 7.41. The van der Waals surface area contributed by atoms with Crippen LogP contribution in [0.1, 0.15) is 48.5 Å². The summed E-state index contributed by atoms with van der Waals surface area (Å²) in [7, 11) is -1.62. The summed E-state index contributed by atoms with van der Waals surface area (Å²) in [6, 6.07) is 0. The van der Waals surface area contributed by atoms with E-state index in [0.717, 1.165) is 0 Å². The highest BCUT2D eigenvalue weighted by atomic mass is 28.3. The molecule has 0 heterocycles. The van der Waals surface area contributed by atoms with Crippen molar-refractivity contribution in [3.05, 3.63) is 22.8 Å². The normalized spacial score (nSPS) is 26.5. The van der Waals surface area contributed by atoms with Crippen molar-refractivity contribution < 1.29 is 0 Å². The zero-order chi connectivity index (χ0) is 13.6. The summed E-state index contributed by atoms with van der Waals surface area (Å²) in [6.07, 6.45) is 3.73. The monoisotopic (exact) mass is 250 g/mol. The van der Waals surface area contributed by atoms with Crippen molar-refractivity contribution >= 4 is 8.24 Å². The van der Waals surface area contributed by atoms with Crippen LogP contribution in [0.5, 0.6) is 0 Å². The van der Waals surface area contributed by atoms with Crippen LogP contribution in [0.3, 0.4) is 0 Å². The fourth-order valence-corrected chi connectivity index (χ4v) is 6.66. The molecule has 0 saturated heterocycles. The molecule has 1 nitrogen and oxygen atoms in total. The SMILES string of the molecule is CC1=[C]C(C)([Si](C)(C)NC(C)(C)C)C(C)=C1C. The van der Waals surface area contributed by atoms with Crippen LogP contribution in [0, 0.1) is 6.08 Å². The van der Waals surface area contributed by atoms with Gasteiger partial charge in [0.1, 0.15) is 8.24 Å². The third-order valence-corrected chi connectivity index (χ3v) is 8.62. The molecule has 0 aromatic carbocycles. The van der Waals surface area contributed by atoms with E-state index >= 15 is 0 Å². The van der Waals surface area contributed by atoms with E-state index < -0.39 is 8.24 Å². The van der Waals surface area contributed by atoms with Crippen LogP contribution in [-0.4, -0.2) is 13.8 Å². The molecule has 1 unspecified atom stereocenters. The Labute approximate surface area is 108 Å². The van der Waals surface area contributed by atoms with Crippen LogP contribution in [0.25, 0.3) is 0 Å². The minimum absolute atomic E-state index is 0.119. The zero-order valence-corrected chi connectivity index (χ0v) is 14.0. The van der Waals surface area contributed by atoms with Gasteiger partial charge in [0, 0.05) is 10.6 Å². The second-order valence-electron chi connectivity index (χ2n) is 7.12. The molecule has 0 spiro atoms. The zero-order valence-electron chi connectivity index (χ0n) is 13.0. The molecule has 0 bridgehead atoms. The van der Waals surface area contributed by atoms with E-state index in [1.807, 2.05) is 0 Å². The third kappa shape index (κ3) is 2.58. The highest BCUT2D eigenvalue weighted by Gasteiger charge is 2.47. The van der Waals surface area contributed by atoms with Crippen molar-refractivity contribution in [1.82, 2.24) is 4.98 Å². The molecule has 0 saturated carbocycles. The van der Waals surface area contributed by atoms with Crippen molar-refractivity contribution in [3.63, 3.8) is 0 Å². The van der Waals surface area contributed by atoms with Gasteiger partial charge in [-0.15, -0.1) is 0 Å². The van der Waals surface area contributed by atoms with Gasteiger partial charge in [-0.3, -0.25) is 0 Å². The summed E-state index contributed by atoms with van der Waals surface area (Å²) >= 11 is 0. The van der Waals surface area contributed by atoms with E-state index in [1.165, 1.54) is 16.7 Å². The number of allylic oxidation sites excluding steroid dienone is 4. The van der Waals surface area contributed by atoms with Crippen LogP contribution in [0.2, 0.25) is 18.1 Å². The Morgan fingerprint density at radius 1 is 1.12 bits per heavy atom. The molecule has 1 radical (unpaired) electrons. The summed E-state index contributed by atoms with van der Waals surface area (Å²) in [6.45, 7) is 20.6. The van der Waals surface area contributed by atoms with Crippen LogP contribution in [0.15, 0.2) is 16.7 Å². The molecule has 0 amide bonds. The smallest absolute Gasteiger partial charge is 0.134 e. The van der Waals surface area contributed by atoms with Gasteiger partial charge in [-0.2, -0.15) is 0 Å². The largest absolute Gasteiger partial charge is 0.332 e. The molecule has 1 atom stereocenters. The molecular formula is C15H28NSi. The first kappa shape index (κ1) is 14.7. The lowest BCUT2D eigenvalue weighted by molar-refractivity contribution is 0.501. The minimum atomic E-state index is -1.62. The molecule has 17 heavy (non-hydrogen) atoms. The predicted octanol–water partition coefficient (Wildman–Crippen LogP) is 4.44. The first-order valence-corrected chi connectivity index (χ1v) is 9.50. The standard InChI is InChI=1S/C15H28NSi/c1-11-10-15(7,13(3)12(11)2)17(8,9)16-14(4,5)6/h16H,1-9H3. The van der Waals surface area contributed by atoms with Crippen LogP contribution in [0.4, 0.5) is 0 Å². The molecule has 97 valence electrons. The van der Waals surface area contributed by atoms with Gasteiger partial charge in [-0.1, -0.05) is 25.6 Å². The topological polar surface area (TPSA) is 12.0 Å². The van der Waals surface area contributed by atoms with E-state index in [-0.39, 0.29) is 10.6 Å². The summed E-state index contributed by atoms with van der Waals surface area (Å²) in [5.74, 6) is 0. The average molecular weight is 250 g/mol. The Balaban J connectivity index is 3.17. The second-order valence-corrected chi connectivity index (χ2v) is 11.6. The lowest BCUT2D eigenvalue weighted by Gasteiger charge is -2.44. The maximum Gasteiger partial charge on any atom is 0.134 e. The molecule has 2 heteroatoms. The number of rotatable bonds is 2. The van der Waals surface area contributed by atoms with Gasteiger partial charge in [0.05, 0.1) is 0 Å². The summed E-state index contributed by atoms with van der Waals surface area (Å²) < 4.78 is 0. The van der Waals surface area contributed by atoms with E-state index in [0.29, 0.717) is 0 Å². The van der Waals surface area contributed by atoms with E-state index in [9.17, 15) is 0 Å². The fraction of sp³-hybridized carbons (Fsp3) is 0.733. The summed E-state index contributed by atoms with van der Waals surface area (Å²) in [4.78, 5) is 3.88. The van der Waals surface area contributed by atoms with Crippen molar-refractivity contribution in [1.29, 1.82) is 0 Å². The van der Waals surface area contributed by atoms with Crippen molar-refractivity contribution in [2.75, 3.05) is 0 Å². The summed E-state index contributed by atoms with van der Waals surface area (Å²) in [5, 5.41) is 0.119. The van der Waals surface area contributed by atoms with Gasteiger partial charge in [-0.25, -0.2) is 0 Å². The van der Waals surface area contributed by atoms with Gasteiger partial charge >= 0.3 is 0 Å². The molecule has 1 N–H and O–H groups in total. The lowest BCUT2D eigenvalue weighted by Crippen LogP contribution is -2.60. The number of hydrogen-bond acceptors (Lipinski definition) is 1. The molecule has 1 aliphatic rings. The van der Waals surface area contributed by atoms with Crippen LogP contribution < -0.4 is 4.98 Å². The van der Waals surface area contributed by atoms with E-state index in [4.69, 9.17) is 0 Å². The molecule has 0 fully saturated rings. The first-order valence-electron chi connectivity index (χ1n) is 6.50. The van der Waals surface area contributed by atoms with Crippen LogP contribution in [-0.2, 0) is 0 Å². The van der Waals surface area contributed by atoms with Gasteiger partial charge < -0.3 is 4.98 Å². The maximum absolute atomic E-state index is 3.88.